The minimum absolute atomic E-state index is 0.0938. The van der Waals surface area contributed by atoms with E-state index in [1.165, 1.54) is 35.5 Å². The summed E-state index contributed by atoms with van der Waals surface area (Å²) in [4.78, 5) is 31.3. The molecule has 264 valence electrons. The molecule has 0 aliphatic carbocycles. The number of nitrogens with one attached hydrogen (secondary N) is 2. The Morgan fingerprint density at radius 2 is 1.75 bits per heavy atom. The van der Waals surface area contributed by atoms with Crippen LogP contribution < -0.4 is 20.3 Å². The Morgan fingerprint density at radius 1 is 1.04 bits per heavy atom. The number of anilines is 1. The molecule has 3 N–H and O–H groups in total. The van der Waals surface area contributed by atoms with Gasteiger partial charge < -0.3 is 15.2 Å². The summed E-state index contributed by atoms with van der Waals surface area (Å²) < 4.78 is 65.3. The minimum atomic E-state index is -3.97. The normalized spacial score (nSPS) is 12.3. The maximum absolute atomic E-state index is 14.4. The van der Waals surface area contributed by atoms with E-state index in [0.717, 1.165) is 17.7 Å². The SMILES string of the molecule is COc1ccc(CCS(=O)(=O)Nc2nn(C)c3c(-n4c([C@H](Cc5cc(F)cc(F)c5)NC(=O)O)nc5c(C)cccc5c4=O)ccc(Cl)c23)cc1. The summed E-state index contributed by atoms with van der Waals surface area (Å²) in [6.45, 7) is 1.74. The first-order valence-electron chi connectivity index (χ1n) is 15.5. The molecule has 0 spiro atoms. The first-order chi connectivity index (χ1) is 24.2. The van der Waals surface area contributed by atoms with Crippen LogP contribution in [0.15, 0.2) is 77.6 Å². The summed E-state index contributed by atoms with van der Waals surface area (Å²) in [5.41, 5.74) is 1.56. The van der Waals surface area contributed by atoms with E-state index in [1.54, 1.807) is 49.4 Å². The number of para-hydroxylation sites is 1. The number of rotatable bonds is 11. The van der Waals surface area contributed by atoms with Gasteiger partial charge in [-0.3, -0.25) is 18.8 Å². The van der Waals surface area contributed by atoms with Crippen LogP contribution in [0.4, 0.5) is 19.4 Å². The second-order valence-electron chi connectivity index (χ2n) is 11.8. The zero-order valence-electron chi connectivity index (χ0n) is 27.4. The van der Waals surface area contributed by atoms with Crippen LogP contribution in [-0.4, -0.2) is 51.8 Å². The smallest absolute Gasteiger partial charge is 0.405 e. The summed E-state index contributed by atoms with van der Waals surface area (Å²) in [6.07, 6.45) is -1.57. The molecule has 12 nitrogen and oxygen atoms in total. The number of hydrogen-bond acceptors (Lipinski definition) is 7. The molecule has 4 aromatic carbocycles. The number of fused-ring (bicyclic) bond motifs is 2. The number of carbonyl (C=O) groups is 1. The van der Waals surface area contributed by atoms with Crippen molar-refractivity contribution in [1.82, 2.24) is 24.6 Å². The van der Waals surface area contributed by atoms with Crippen LogP contribution in [0.2, 0.25) is 5.02 Å². The van der Waals surface area contributed by atoms with E-state index in [0.29, 0.717) is 17.4 Å². The number of aromatic nitrogens is 4. The van der Waals surface area contributed by atoms with Crippen LogP contribution in [0.25, 0.3) is 27.5 Å². The third kappa shape index (κ3) is 7.35. The molecule has 0 radical (unpaired) electrons. The number of methoxy groups -OCH3 is 1. The van der Waals surface area contributed by atoms with E-state index in [4.69, 9.17) is 21.3 Å². The first-order valence-corrected chi connectivity index (χ1v) is 17.5. The molecule has 0 aliphatic rings. The van der Waals surface area contributed by atoms with Gasteiger partial charge >= 0.3 is 6.09 Å². The van der Waals surface area contributed by atoms with Gasteiger partial charge in [-0.2, -0.15) is 5.10 Å². The van der Waals surface area contributed by atoms with Crippen molar-refractivity contribution < 1.29 is 31.8 Å². The van der Waals surface area contributed by atoms with E-state index in [-0.39, 0.29) is 68.3 Å². The lowest BCUT2D eigenvalue weighted by molar-refractivity contribution is 0.189. The Bertz CT molecular complexity index is 2470. The first kappa shape index (κ1) is 35.3. The molecular formula is C35H31ClF2N6O6S. The molecule has 0 saturated heterocycles. The number of aryl methyl sites for hydroxylation is 3. The van der Waals surface area contributed by atoms with Gasteiger partial charge in [0.2, 0.25) is 10.0 Å². The fourth-order valence-electron chi connectivity index (χ4n) is 6.01. The van der Waals surface area contributed by atoms with Crippen molar-refractivity contribution in [3.05, 3.63) is 122 Å². The van der Waals surface area contributed by atoms with Crippen molar-refractivity contribution >= 4 is 55.3 Å². The molecule has 1 amide bonds. The summed E-state index contributed by atoms with van der Waals surface area (Å²) in [7, 11) is -0.908. The highest BCUT2D eigenvalue weighted by atomic mass is 35.5. The molecule has 0 unspecified atom stereocenters. The zero-order chi connectivity index (χ0) is 36.6. The minimum Gasteiger partial charge on any atom is -0.497 e. The number of amides is 1. The number of carboxylic acid groups (broad SMARTS) is 1. The predicted octanol–water partition coefficient (Wildman–Crippen LogP) is 6.06. The number of benzene rings is 4. The molecule has 0 bridgehead atoms. The van der Waals surface area contributed by atoms with E-state index in [1.807, 2.05) is 0 Å². The van der Waals surface area contributed by atoms with Crippen molar-refractivity contribution in [2.45, 2.75) is 25.8 Å². The van der Waals surface area contributed by atoms with Gasteiger partial charge in [-0.1, -0.05) is 35.9 Å². The van der Waals surface area contributed by atoms with E-state index >= 15 is 0 Å². The average Bonchev–Trinajstić information content (AvgIpc) is 3.39. The summed E-state index contributed by atoms with van der Waals surface area (Å²) in [5.74, 6) is -1.57. The number of sulfonamides is 1. The van der Waals surface area contributed by atoms with Gasteiger partial charge in [0.05, 0.1) is 51.4 Å². The van der Waals surface area contributed by atoms with Gasteiger partial charge in [-0.05, 0) is 72.5 Å². The fraction of sp³-hybridized carbons (Fsp3) is 0.200. The summed E-state index contributed by atoms with van der Waals surface area (Å²) in [5, 5.41) is 17.1. The second kappa shape index (κ2) is 14.0. The molecule has 0 aliphatic heterocycles. The Morgan fingerprint density at radius 3 is 2.41 bits per heavy atom. The predicted molar refractivity (Wildman–Crippen MR) is 189 cm³/mol. The lowest BCUT2D eigenvalue weighted by Crippen LogP contribution is -2.35. The van der Waals surface area contributed by atoms with Crippen molar-refractivity contribution in [1.29, 1.82) is 0 Å². The molecule has 6 aromatic rings. The Balaban J connectivity index is 1.50. The average molecular weight is 737 g/mol. The van der Waals surface area contributed by atoms with Crippen molar-refractivity contribution in [2.75, 3.05) is 17.6 Å². The highest BCUT2D eigenvalue weighted by molar-refractivity contribution is 7.92. The number of hydrogen-bond donors (Lipinski definition) is 3. The molecule has 1 atom stereocenters. The van der Waals surface area contributed by atoms with Crippen molar-refractivity contribution in [3.8, 4) is 11.4 Å². The molecule has 6 rings (SSSR count). The molecule has 16 heteroatoms. The highest BCUT2D eigenvalue weighted by Gasteiger charge is 2.28. The third-order valence-electron chi connectivity index (χ3n) is 8.33. The number of nitrogens with zero attached hydrogens (tertiary/aromatic N) is 4. The van der Waals surface area contributed by atoms with Crippen molar-refractivity contribution in [2.24, 2.45) is 7.05 Å². The molecule has 0 saturated carbocycles. The summed E-state index contributed by atoms with van der Waals surface area (Å²) in [6, 6.07) is 16.4. The van der Waals surface area contributed by atoms with E-state index < -0.39 is 39.4 Å². The van der Waals surface area contributed by atoms with Gasteiger partial charge in [0.15, 0.2) is 5.82 Å². The van der Waals surface area contributed by atoms with Gasteiger partial charge in [-0.25, -0.2) is 27.0 Å². The third-order valence-corrected chi connectivity index (χ3v) is 9.89. The molecular weight excluding hydrogens is 706 g/mol. The van der Waals surface area contributed by atoms with Crippen LogP contribution in [0.3, 0.4) is 0 Å². The van der Waals surface area contributed by atoms with Gasteiger partial charge in [0.1, 0.15) is 23.2 Å². The van der Waals surface area contributed by atoms with Gasteiger partial charge in [0.25, 0.3) is 5.56 Å². The molecule has 2 aromatic heterocycles. The second-order valence-corrected chi connectivity index (χ2v) is 14.1. The molecule has 2 heterocycles. The van der Waals surface area contributed by atoms with Crippen molar-refractivity contribution in [3.63, 3.8) is 0 Å². The zero-order valence-corrected chi connectivity index (χ0v) is 29.0. The van der Waals surface area contributed by atoms with E-state index in [2.05, 4.69) is 15.1 Å². The van der Waals surface area contributed by atoms with Crippen LogP contribution in [0.5, 0.6) is 5.75 Å². The van der Waals surface area contributed by atoms with Gasteiger partial charge in [-0.15, -0.1) is 0 Å². The Kier molecular flexibility index (Phi) is 9.68. The maximum Gasteiger partial charge on any atom is 0.405 e. The molecule has 51 heavy (non-hydrogen) atoms. The number of halogens is 3. The Labute approximate surface area is 295 Å². The largest absolute Gasteiger partial charge is 0.497 e. The van der Waals surface area contributed by atoms with Crippen LogP contribution in [0.1, 0.15) is 28.6 Å². The quantitative estimate of drug-likeness (QED) is 0.145. The lowest BCUT2D eigenvalue weighted by Gasteiger charge is -2.23. The van der Waals surface area contributed by atoms with E-state index in [9.17, 15) is 31.9 Å². The Hall–Kier alpha value is -5.54. The van der Waals surface area contributed by atoms with Gasteiger partial charge in [0, 0.05) is 19.5 Å². The van der Waals surface area contributed by atoms with Crippen LogP contribution >= 0.6 is 11.6 Å². The fourth-order valence-corrected chi connectivity index (χ4v) is 7.29. The standard InChI is InChI=1S/C35H31ClF2N6O6S/c1-19-5-4-6-25-30(19)40-33(27(39-35(46)47)17-21-15-22(37)18-23(38)16-21)44(34(25)45)28-12-11-26(36)29-31(28)43(2)41-32(29)42-51(48,49)14-13-20-7-9-24(50-3)10-8-20/h4-12,15-16,18,27,39H,13-14,17H2,1-3H3,(H,41,42)(H,46,47)/t27-/m0/s1. The molecule has 0 fully saturated rings. The maximum atomic E-state index is 14.4. The summed E-state index contributed by atoms with van der Waals surface area (Å²) >= 11 is 6.66. The number of ether oxygens (including phenoxy) is 1. The lowest BCUT2D eigenvalue weighted by atomic mass is 10.0. The highest BCUT2D eigenvalue weighted by Crippen LogP contribution is 2.36. The monoisotopic (exact) mass is 736 g/mol. The van der Waals surface area contributed by atoms with Crippen LogP contribution in [-0.2, 0) is 29.9 Å². The topological polar surface area (TPSA) is 157 Å². The van der Waals surface area contributed by atoms with Crippen LogP contribution in [0, 0.1) is 18.6 Å².